The van der Waals surface area contributed by atoms with Gasteiger partial charge in [0.15, 0.2) is 11.6 Å². The van der Waals surface area contributed by atoms with Crippen LogP contribution < -0.4 is 5.84 Å². The summed E-state index contributed by atoms with van der Waals surface area (Å²) in [6.07, 6.45) is 0. The first-order valence-electron chi connectivity index (χ1n) is 8.82. The number of aromatic nitrogens is 4. The minimum atomic E-state index is -0.446. The minimum absolute atomic E-state index is 0.0773. The molecular formula is C19H20ClN5O3S. The third kappa shape index (κ3) is 4.30. The lowest BCUT2D eigenvalue weighted by atomic mass is 10.1. The van der Waals surface area contributed by atoms with Crippen molar-refractivity contribution >= 4 is 35.1 Å². The third-order valence-electron chi connectivity index (χ3n) is 4.28. The lowest BCUT2D eigenvalue weighted by molar-refractivity contribution is 0.0525. The number of thioether (sulfide) groups is 1. The molecule has 2 aromatic heterocycles. The summed E-state index contributed by atoms with van der Waals surface area (Å²) in [6.45, 7) is 5.45. The highest BCUT2D eigenvalue weighted by molar-refractivity contribution is 7.99. The van der Waals surface area contributed by atoms with E-state index in [1.807, 2.05) is 6.07 Å². The van der Waals surface area contributed by atoms with Crippen LogP contribution in [0.5, 0.6) is 0 Å². The Morgan fingerprint density at radius 2 is 2.07 bits per heavy atom. The number of carbonyl (C=O) groups excluding carboxylic acids is 2. The lowest BCUT2D eigenvalue weighted by Gasteiger charge is -2.04. The van der Waals surface area contributed by atoms with Crippen molar-refractivity contribution in [1.82, 2.24) is 19.9 Å². The lowest BCUT2D eigenvalue weighted by Crippen LogP contribution is -2.13. The summed E-state index contributed by atoms with van der Waals surface area (Å²) in [6, 6.07) is 7.10. The summed E-state index contributed by atoms with van der Waals surface area (Å²) in [7, 11) is 0. The zero-order valence-electron chi connectivity index (χ0n) is 16.2. The highest BCUT2D eigenvalue weighted by Crippen LogP contribution is 2.25. The maximum Gasteiger partial charge on any atom is 0.340 e. The molecule has 0 saturated heterocycles. The van der Waals surface area contributed by atoms with E-state index in [4.69, 9.17) is 22.2 Å². The van der Waals surface area contributed by atoms with E-state index in [9.17, 15) is 9.59 Å². The predicted molar refractivity (Wildman–Crippen MR) is 112 cm³/mol. The molecule has 0 fully saturated rings. The molecule has 0 aliphatic rings. The number of carbonyl (C=O) groups is 2. The molecule has 0 spiro atoms. The number of aryl methyl sites for hydroxylation is 1. The second-order valence-corrected chi connectivity index (χ2v) is 7.62. The molecule has 3 aromatic rings. The number of ketones is 1. The fraction of sp³-hybridized carbons (Fsp3) is 0.263. The van der Waals surface area contributed by atoms with Crippen molar-refractivity contribution < 1.29 is 14.3 Å². The van der Waals surface area contributed by atoms with Gasteiger partial charge in [0, 0.05) is 16.3 Å². The van der Waals surface area contributed by atoms with Crippen LogP contribution in [0.15, 0.2) is 29.4 Å². The van der Waals surface area contributed by atoms with Gasteiger partial charge in [-0.3, -0.25) is 4.79 Å². The average molecular weight is 434 g/mol. The molecule has 0 aliphatic heterocycles. The van der Waals surface area contributed by atoms with E-state index >= 15 is 0 Å². The molecule has 0 atom stereocenters. The fourth-order valence-corrected chi connectivity index (χ4v) is 3.86. The SMILES string of the molecule is CCOC(=O)c1c(C)[nH]c(C(=O)CSc2nnc(-c3cccc(Cl)c3)n2N)c1C. The highest BCUT2D eigenvalue weighted by atomic mass is 35.5. The topological polar surface area (TPSA) is 116 Å². The highest BCUT2D eigenvalue weighted by Gasteiger charge is 2.23. The van der Waals surface area contributed by atoms with Gasteiger partial charge in [0.2, 0.25) is 5.16 Å². The molecule has 0 amide bonds. The molecule has 0 bridgehead atoms. The zero-order valence-corrected chi connectivity index (χ0v) is 17.7. The van der Waals surface area contributed by atoms with Gasteiger partial charge in [-0.05, 0) is 38.5 Å². The van der Waals surface area contributed by atoms with Crippen LogP contribution in [-0.4, -0.2) is 44.0 Å². The zero-order chi connectivity index (χ0) is 21.1. The Kier molecular flexibility index (Phi) is 6.29. The maximum absolute atomic E-state index is 12.7. The molecule has 152 valence electrons. The van der Waals surface area contributed by atoms with Gasteiger partial charge in [-0.25, -0.2) is 9.47 Å². The smallest absolute Gasteiger partial charge is 0.340 e. The first-order valence-corrected chi connectivity index (χ1v) is 10.2. The Bertz CT molecular complexity index is 1080. The molecule has 3 rings (SSSR count). The summed E-state index contributed by atoms with van der Waals surface area (Å²) in [5.74, 6) is 5.98. The van der Waals surface area contributed by atoms with Gasteiger partial charge < -0.3 is 15.6 Å². The number of Topliss-reactive ketones (excluding diaryl/α,β-unsaturated/α-hetero) is 1. The minimum Gasteiger partial charge on any atom is -0.462 e. The summed E-state index contributed by atoms with van der Waals surface area (Å²) in [5.41, 5.74) is 2.65. The van der Waals surface area contributed by atoms with Gasteiger partial charge in [0.05, 0.1) is 23.6 Å². The normalized spacial score (nSPS) is 10.9. The molecule has 29 heavy (non-hydrogen) atoms. The Hall–Kier alpha value is -2.78. The van der Waals surface area contributed by atoms with Crippen molar-refractivity contribution in [3.63, 3.8) is 0 Å². The van der Waals surface area contributed by atoms with Crippen molar-refractivity contribution in [2.24, 2.45) is 0 Å². The van der Waals surface area contributed by atoms with Gasteiger partial charge in [-0.2, -0.15) is 0 Å². The first-order chi connectivity index (χ1) is 13.8. The number of nitrogens with zero attached hydrogens (tertiary/aromatic N) is 3. The van der Waals surface area contributed by atoms with Crippen molar-refractivity contribution in [3.05, 3.63) is 51.8 Å². The Morgan fingerprint density at radius 1 is 1.31 bits per heavy atom. The van der Waals surface area contributed by atoms with Crippen LogP contribution in [0.2, 0.25) is 5.02 Å². The Balaban J connectivity index is 1.75. The van der Waals surface area contributed by atoms with Gasteiger partial charge >= 0.3 is 5.97 Å². The van der Waals surface area contributed by atoms with Crippen LogP contribution in [0, 0.1) is 13.8 Å². The number of aromatic amines is 1. The summed E-state index contributed by atoms with van der Waals surface area (Å²) in [5, 5.41) is 9.09. The largest absolute Gasteiger partial charge is 0.462 e. The van der Waals surface area contributed by atoms with E-state index in [0.717, 1.165) is 17.3 Å². The number of benzene rings is 1. The fourth-order valence-electron chi connectivity index (χ4n) is 2.94. The second kappa shape index (κ2) is 8.71. The summed E-state index contributed by atoms with van der Waals surface area (Å²) >= 11 is 7.17. The van der Waals surface area contributed by atoms with Crippen LogP contribution in [0.25, 0.3) is 11.4 Å². The van der Waals surface area contributed by atoms with Gasteiger partial charge in [0.1, 0.15) is 0 Å². The van der Waals surface area contributed by atoms with Gasteiger partial charge in [0.25, 0.3) is 0 Å². The van der Waals surface area contributed by atoms with Crippen molar-refractivity contribution in [2.45, 2.75) is 25.9 Å². The van der Waals surface area contributed by atoms with Crippen LogP contribution in [0.3, 0.4) is 0 Å². The number of ether oxygens (including phenoxy) is 1. The molecule has 0 radical (unpaired) electrons. The summed E-state index contributed by atoms with van der Waals surface area (Å²) in [4.78, 5) is 27.8. The van der Waals surface area contributed by atoms with Crippen LogP contribution in [0.1, 0.15) is 39.0 Å². The second-order valence-electron chi connectivity index (χ2n) is 6.24. The van der Waals surface area contributed by atoms with Crippen LogP contribution in [-0.2, 0) is 4.74 Å². The van der Waals surface area contributed by atoms with E-state index in [1.165, 1.54) is 4.68 Å². The van der Waals surface area contributed by atoms with E-state index < -0.39 is 5.97 Å². The van der Waals surface area contributed by atoms with Gasteiger partial charge in [-0.1, -0.05) is 35.5 Å². The van der Waals surface area contributed by atoms with E-state index in [1.54, 1.807) is 39.0 Å². The molecule has 0 unspecified atom stereocenters. The average Bonchev–Trinajstić information content (AvgIpc) is 3.19. The molecule has 0 aliphatic carbocycles. The molecular weight excluding hydrogens is 414 g/mol. The summed E-state index contributed by atoms with van der Waals surface area (Å²) < 4.78 is 6.38. The molecule has 3 N–H and O–H groups in total. The van der Waals surface area contributed by atoms with E-state index in [0.29, 0.717) is 38.5 Å². The Morgan fingerprint density at radius 3 is 2.76 bits per heavy atom. The van der Waals surface area contributed by atoms with Crippen LogP contribution in [0.4, 0.5) is 0 Å². The first kappa shape index (κ1) is 20.9. The number of nitrogens with two attached hydrogens (primary N) is 1. The van der Waals surface area contributed by atoms with E-state index in [-0.39, 0.29) is 18.1 Å². The van der Waals surface area contributed by atoms with Gasteiger partial charge in [-0.15, -0.1) is 10.2 Å². The van der Waals surface area contributed by atoms with Crippen LogP contribution >= 0.6 is 23.4 Å². The molecule has 8 nitrogen and oxygen atoms in total. The predicted octanol–water partition coefficient (Wildman–Crippen LogP) is 3.41. The number of hydrogen-bond acceptors (Lipinski definition) is 7. The molecule has 2 heterocycles. The number of esters is 1. The number of nitrogens with one attached hydrogen (secondary N) is 1. The molecule has 10 heteroatoms. The number of halogens is 1. The maximum atomic E-state index is 12.7. The van der Waals surface area contributed by atoms with Crippen molar-refractivity contribution in [2.75, 3.05) is 18.2 Å². The number of H-pyrrole nitrogens is 1. The molecule has 0 saturated carbocycles. The monoisotopic (exact) mass is 433 g/mol. The van der Waals surface area contributed by atoms with E-state index in [2.05, 4.69) is 15.2 Å². The quantitative estimate of drug-likeness (QED) is 0.254. The van der Waals surface area contributed by atoms with Crippen molar-refractivity contribution in [3.8, 4) is 11.4 Å². The number of hydrogen-bond donors (Lipinski definition) is 2. The van der Waals surface area contributed by atoms with Crippen molar-refractivity contribution in [1.29, 1.82) is 0 Å². The number of nitrogen functional groups attached to an aromatic ring is 1. The Labute approximate surface area is 176 Å². The third-order valence-corrected chi connectivity index (χ3v) is 5.45. The standard InChI is InChI=1S/C19H20ClN5O3S/c1-4-28-18(27)15-10(2)16(22-11(15)3)14(26)9-29-19-24-23-17(25(19)21)12-6-5-7-13(20)8-12/h5-8,22H,4,9,21H2,1-3H3. The number of rotatable bonds is 7. The molecule has 1 aromatic carbocycles.